The first-order valence-corrected chi connectivity index (χ1v) is 8.81. The summed E-state index contributed by atoms with van der Waals surface area (Å²) in [7, 11) is 0. The molecular weight excluding hydrogens is 345 g/mol. The van der Waals surface area contributed by atoms with Gasteiger partial charge in [-0.15, -0.1) is 0 Å². The molecule has 0 aliphatic heterocycles. The van der Waals surface area contributed by atoms with Gasteiger partial charge >= 0.3 is 0 Å². The van der Waals surface area contributed by atoms with Crippen molar-refractivity contribution in [3.05, 3.63) is 71.4 Å². The Morgan fingerprint density at radius 3 is 2.85 bits per heavy atom. The van der Waals surface area contributed by atoms with E-state index in [1.165, 1.54) is 12.1 Å². The maximum absolute atomic E-state index is 13.3. The molecule has 0 atom stereocenters. The SMILES string of the molecule is O=C(Nc1cccc2cn[nH]c12)c1nn(-c2ccc(F)cc2)c2c1CCC2. The van der Waals surface area contributed by atoms with Crippen LogP contribution < -0.4 is 5.32 Å². The number of aromatic amines is 1. The number of para-hydroxylation sites is 1. The number of benzene rings is 2. The molecule has 2 aromatic heterocycles. The minimum absolute atomic E-state index is 0.254. The van der Waals surface area contributed by atoms with Crippen molar-refractivity contribution in [1.29, 1.82) is 0 Å². The van der Waals surface area contributed by atoms with Crippen molar-refractivity contribution in [2.24, 2.45) is 0 Å². The van der Waals surface area contributed by atoms with Gasteiger partial charge < -0.3 is 5.32 Å². The third-order valence-corrected chi connectivity index (χ3v) is 4.94. The highest BCUT2D eigenvalue weighted by atomic mass is 19.1. The van der Waals surface area contributed by atoms with Crippen LogP contribution in [0, 0.1) is 5.82 Å². The van der Waals surface area contributed by atoms with Crippen molar-refractivity contribution in [3.8, 4) is 5.69 Å². The number of carbonyl (C=O) groups excluding carboxylic acids is 1. The molecule has 0 saturated heterocycles. The molecule has 0 fully saturated rings. The minimum Gasteiger partial charge on any atom is -0.319 e. The van der Waals surface area contributed by atoms with E-state index in [2.05, 4.69) is 20.6 Å². The monoisotopic (exact) mass is 361 g/mol. The van der Waals surface area contributed by atoms with Gasteiger partial charge in [0.25, 0.3) is 5.91 Å². The Hall–Kier alpha value is -3.48. The predicted octanol–water partition coefficient (Wildman–Crippen LogP) is 3.63. The van der Waals surface area contributed by atoms with Crippen LogP contribution in [0.2, 0.25) is 0 Å². The van der Waals surface area contributed by atoms with E-state index in [9.17, 15) is 9.18 Å². The van der Waals surface area contributed by atoms with Gasteiger partial charge in [0, 0.05) is 16.6 Å². The molecule has 2 heterocycles. The summed E-state index contributed by atoms with van der Waals surface area (Å²) in [6.07, 6.45) is 4.35. The molecule has 1 amide bonds. The fraction of sp³-hybridized carbons (Fsp3) is 0.150. The molecule has 7 heteroatoms. The fourth-order valence-corrected chi connectivity index (χ4v) is 3.67. The lowest BCUT2D eigenvalue weighted by atomic mass is 10.1. The molecule has 2 N–H and O–H groups in total. The summed E-state index contributed by atoms with van der Waals surface area (Å²) >= 11 is 0. The van der Waals surface area contributed by atoms with Gasteiger partial charge in [-0.1, -0.05) is 12.1 Å². The summed E-state index contributed by atoms with van der Waals surface area (Å²) in [4.78, 5) is 13.0. The molecule has 27 heavy (non-hydrogen) atoms. The summed E-state index contributed by atoms with van der Waals surface area (Å²) in [6.45, 7) is 0. The van der Waals surface area contributed by atoms with Crippen LogP contribution in [0.1, 0.15) is 28.2 Å². The number of hydrogen-bond acceptors (Lipinski definition) is 3. The second-order valence-corrected chi connectivity index (χ2v) is 6.61. The fourth-order valence-electron chi connectivity index (χ4n) is 3.67. The number of rotatable bonds is 3. The molecule has 0 bridgehead atoms. The third kappa shape index (κ3) is 2.59. The quantitative estimate of drug-likeness (QED) is 0.585. The molecule has 0 saturated carbocycles. The number of amides is 1. The normalized spacial score (nSPS) is 13.1. The maximum Gasteiger partial charge on any atom is 0.276 e. The van der Waals surface area contributed by atoms with E-state index in [1.807, 2.05) is 18.2 Å². The van der Waals surface area contributed by atoms with Crippen molar-refractivity contribution in [2.45, 2.75) is 19.3 Å². The van der Waals surface area contributed by atoms with Crippen LogP contribution in [0.25, 0.3) is 16.6 Å². The van der Waals surface area contributed by atoms with Crippen molar-refractivity contribution in [1.82, 2.24) is 20.0 Å². The summed E-state index contributed by atoms with van der Waals surface area (Å²) in [5.41, 5.74) is 4.60. The molecule has 1 aliphatic carbocycles. The molecule has 0 spiro atoms. The van der Waals surface area contributed by atoms with E-state index in [0.29, 0.717) is 11.4 Å². The lowest BCUT2D eigenvalue weighted by Gasteiger charge is -2.06. The molecule has 6 nitrogen and oxygen atoms in total. The number of fused-ring (bicyclic) bond motifs is 2. The maximum atomic E-state index is 13.3. The van der Waals surface area contributed by atoms with Crippen LogP contribution in [0.5, 0.6) is 0 Å². The smallest absolute Gasteiger partial charge is 0.276 e. The number of nitrogens with zero attached hydrogens (tertiary/aromatic N) is 3. The van der Waals surface area contributed by atoms with Crippen LogP contribution in [0.3, 0.4) is 0 Å². The van der Waals surface area contributed by atoms with Crippen molar-refractivity contribution < 1.29 is 9.18 Å². The highest BCUT2D eigenvalue weighted by Crippen LogP contribution is 2.29. The van der Waals surface area contributed by atoms with Gasteiger partial charge in [0.15, 0.2) is 5.69 Å². The number of aromatic nitrogens is 4. The lowest BCUT2D eigenvalue weighted by Crippen LogP contribution is -2.15. The van der Waals surface area contributed by atoms with E-state index in [-0.39, 0.29) is 11.7 Å². The number of hydrogen-bond donors (Lipinski definition) is 2. The molecule has 2 aromatic carbocycles. The second kappa shape index (κ2) is 6.05. The standard InChI is InChI=1S/C20H16FN5O/c21-13-7-9-14(10-8-13)26-17-6-2-4-15(17)19(25-26)20(27)23-16-5-1-3-12-11-22-24-18(12)16/h1,3,5,7-11H,2,4,6H2,(H,22,24)(H,23,27). The summed E-state index contributed by atoms with van der Waals surface area (Å²) < 4.78 is 15.0. The molecule has 134 valence electrons. The Morgan fingerprint density at radius 1 is 1.15 bits per heavy atom. The first kappa shape index (κ1) is 15.7. The van der Waals surface area contributed by atoms with Gasteiger partial charge in [-0.25, -0.2) is 9.07 Å². The number of H-pyrrole nitrogens is 1. The van der Waals surface area contributed by atoms with E-state index in [4.69, 9.17) is 0 Å². The third-order valence-electron chi connectivity index (χ3n) is 4.94. The number of carbonyl (C=O) groups is 1. The molecule has 5 rings (SSSR count). The average Bonchev–Trinajstić information content (AvgIpc) is 3.39. The van der Waals surface area contributed by atoms with Gasteiger partial charge in [0.2, 0.25) is 0 Å². The summed E-state index contributed by atoms with van der Waals surface area (Å²) in [5.74, 6) is -0.552. The topological polar surface area (TPSA) is 75.6 Å². The van der Waals surface area contributed by atoms with Gasteiger partial charge in [0.1, 0.15) is 5.82 Å². The number of anilines is 1. The van der Waals surface area contributed by atoms with E-state index >= 15 is 0 Å². The van der Waals surface area contributed by atoms with Crippen molar-refractivity contribution in [2.75, 3.05) is 5.32 Å². The van der Waals surface area contributed by atoms with E-state index in [0.717, 1.165) is 47.1 Å². The first-order chi connectivity index (χ1) is 13.2. The largest absolute Gasteiger partial charge is 0.319 e. The first-order valence-electron chi connectivity index (χ1n) is 8.81. The lowest BCUT2D eigenvalue weighted by molar-refractivity contribution is 0.102. The predicted molar refractivity (Wildman–Crippen MR) is 99.6 cm³/mol. The zero-order valence-electron chi connectivity index (χ0n) is 14.4. The highest BCUT2D eigenvalue weighted by molar-refractivity contribution is 6.08. The van der Waals surface area contributed by atoms with Crippen LogP contribution in [0.15, 0.2) is 48.7 Å². The van der Waals surface area contributed by atoms with Crippen molar-refractivity contribution in [3.63, 3.8) is 0 Å². The number of nitrogens with one attached hydrogen (secondary N) is 2. The summed E-state index contributed by atoms with van der Waals surface area (Å²) in [6, 6.07) is 11.8. The highest BCUT2D eigenvalue weighted by Gasteiger charge is 2.27. The van der Waals surface area contributed by atoms with Crippen LogP contribution >= 0.6 is 0 Å². The molecule has 4 aromatic rings. The van der Waals surface area contributed by atoms with Gasteiger partial charge in [0.05, 0.1) is 23.1 Å². The minimum atomic E-state index is -0.298. The van der Waals surface area contributed by atoms with E-state index < -0.39 is 0 Å². The van der Waals surface area contributed by atoms with Crippen LogP contribution in [-0.2, 0) is 12.8 Å². The van der Waals surface area contributed by atoms with Gasteiger partial charge in [-0.05, 0) is 49.6 Å². The van der Waals surface area contributed by atoms with Crippen LogP contribution in [0.4, 0.5) is 10.1 Å². The molecule has 0 unspecified atom stereocenters. The Bertz CT molecular complexity index is 1160. The molecular formula is C20H16FN5O. The average molecular weight is 361 g/mol. The second-order valence-electron chi connectivity index (χ2n) is 6.61. The van der Waals surface area contributed by atoms with Gasteiger partial charge in [-0.2, -0.15) is 10.2 Å². The zero-order chi connectivity index (χ0) is 18.4. The molecule has 1 aliphatic rings. The Labute approximate surface area is 154 Å². The van der Waals surface area contributed by atoms with E-state index in [1.54, 1.807) is 23.0 Å². The summed E-state index contributed by atoms with van der Waals surface area (Å²) in [5, 5.41) is 15.4. The zero-order valence-corrected chi connectivity index (χ0v) is 14.4. The van der Waals surface area contributed by atoms with Crippen LogP contribution in [-0.4, -0.2) is 25.9 Å². The Kier molecular flexibility index (Phi) is 3.53. The van der Waals surface area contributed by atoms with Crippen molar-refractivity contribution >= 4 is 22.5 Å². The van der Waals surface area contributed by atoms with Gasteiger partial charge in [-0.3, -0.25) is 9.89 Å². The molecule has 0 radical (unpaired) electrons. The Morgan fingerprint density at radius 2 is 2.00 bits per heavy atom. The number of halogens is 1. The Balaban J connectivity index is 1.53.